The Morgan fingerprint density at radius 3 is 2.50 bits per heavy atom. The molecule has 1 aromatic rings. The molecule has 0 saturated carbocycles. The van der Waals surface area contributed by atoms with Gasteiger partial charge in [-0.1, -0.05) is 12.1 Å². The maximum atomic E-state index is 12.3. The van der Waals surface area contributed by atoms with Crippen molar-refractivity contribution in [2.75, 3.05) is 32.6 Å². The molecule has 2 aliphatic rings. The molecular formula is C15H16N2O4S. The average Bonchev–Trinajstić information content (AvgIpc) is 2.80. The molecule has 1 aromatic carbocycles. The molecule has 1 atom stereocenters. The lowest BCUT2D eigenvalue weighted by atomic mass is 10.1. The fourth-order valence-electron chi connectivity index (χ4n) is 2.67. The number of esters is 1. The number of hydrogen-bond acceptors (Lipinski definition) is 6. The standard InChI is InChI=1S/C15H16N2O4S/c1-21-15(20)12-8-16(6-7-22-12)9-17-13(18)10-4-2-3-5-11(10)14(17)19/h2-5,12H,6-9H2,1H3/t12-/m1/s1. The molecule has 2 heterocycles. The minimum absolute atomic E-state index is 0.209. The van der Waals surface area contributed by atoms with E-state index in [2.05, 4.69) is 0 Å². The van der Waals surface area contributed by atoms with Gasteiger partial charge in [0.05, 0.1) is 24.9 Å². The highest BCUT2D eigenvalue weighted by atomic mass is 32.2. The van der Waals surface area contributed by atoms with Crippen LogP contribution in [0.2, 0.25) is 0 Å². The van der Waals surface area contributed by atoms with Crippen LogP contribution in [0.25, 0.3) is 0 Å². The van der Waals surface area contributed by atoms with E-state index in [1.807, 2.05) is 4.90 Å². The first kappa shape index (κ1) is 15.1. The van der Waals surface area contributed by atoms with Crippen LogP contribution in [0.3, 0.4) is 0 Å². The van der Waals surface area contributed by atoms with Gasteiger partial charge in [0.2, 0.25) is 0 Å². The molecule has 22 heavy (non-hydrogen) atoms. The van der Waals surface area contributed by atoms with Crippen LogP contribution >= 0.6 is 11.8 Å². The summed E-state index contributed by atoms with van der Waals surface area (Å²) in [4.78, 5) is 39.5. The molecule has 0 radical (unpaired) electrons. The van der Waals surface area contributed by atoms with Crippen LogP contribution in [-0.4, -0.2) is 65.5 Å². The molecular weight excluding hydrogens is 304 g/mol. The lowest BCUT2D eigenvalue weighted by Gasteiger charge is -2.32. The molecule has 3 rings (SSSR count). The number of carbonyl (C=O) groups is 3. The monoisotopic (exact) mass is 320 g/mol. The largest absolute Gasteiger partial charge is 0.468 e. The Bertz CT molecular complexity index is 599. The Hall–Kier alpha value is -1.86. The Labute approximate surface area is 132 Å². The van der Waals surface area contributed by atoms with E-state index in [0.29, 0.717) is 17.7 Å². The quantitative estimate of drug-likeness (QED) is 0.607. The Balaban J connectivity index is 1.71. The third-order valence-electron chi connectivity index (χ3n) is 3.83. The smallest absolute Gasteiger partial charge is 0.320 e. The molecule has 0 unspecified atom stereocenters. The van der Waals surface area contributed by atoms with Crippen molar-refractivity contribution >= 4 is 29.5 Å². The van der Waals surface area contributed by atoms with E-state index in [1.54, 1.807) is 36.0 Å². The van der Waals surface area contributed by atoms with Crippen molar-refractivity contribution in [3.05, 3.63) is 35.4 Å². The van der Waals surface area contributed by atoms with Gasteiger partial charge in [-0.05, 0) is 12.1 Å². The Morgan fingerprint density at radius 1 is 1.27 bits per heavy atom. The van der Waals surface area contributed by atoms with Gasteiger partial charge in [0.25, 0.3) is 11.8 Å². The fraction of sp³-hybridized carbons (Fsp3) is 0.400. The second-order valence-electron chi connectivity index (χ2n) is 5.18. The maximum Gasteiger partial charge on any atom is 0.320 e. The summed E-state index contributed by atoms with van der Waals surface area (Å²) in [5.41, 5.74) is 0.895. The summed E-state index contributed by atoms with van der Waals surface area (Å²) >= 11 is 1.54. The third-order valence-corrected chi connectivity index (χ3v) is 5.00. The minimum atomic E-state index is -0.270. The third kappa shape index (κ3) is 2.62. The topological polar surface area (TPSA) is 66.9 Å². The van der Waals surface area contributed by atoms with E-state index in [1.165, 1.54) is 12.0 Å². The average molecular weight is 320 g/mol. The van der Waals surface area contributed by atoms with Crippen molar-refractivity contribution < 1.29 is 19.1 Å². The van der Waals surface area contributed by atoms with Crippen LogP contribution < -0.4 is 0 Å². The van der Waals surface area contributed by atoms with E-state index in [-0.39, 0.29) is 29.7 Å². The van der Waals surface area contributed by atoms with Gasteiger partial charge >= 0.3 is 5.97 Å². The van der Waals surface area contributed by atoms with E-state index in [9.17, 15) is 14.4 Å². The van der Waals surface area contributed by atoms with Gasteiger partial charge in [-0.3, -0.25) is 24.2 Å². The van der Waals surface area contributed by atoms with E-state index in [0.717, 1.165) is 12.3 Å². The van der Waals surface area contributed by atoms with Gasteiger partial charge in [0, 0.05) is 18.8 Å². The highest BCUT2D eigenvalue weighted by molar-refractivity contribution is 8.00. The van der Waals surface area contributed by atoms with Crippen LogP contribution in [0.1, 0.15) is 20.7 Å². The van der Waals surface area contributed by atoms with Crippen molar-refractivity contribution in [2.45, 2.75) is 5.25 Å². The number of hydrogen-bond donors (Lipinski definition) is 0. The number of fused-ring (bicyclic) bond motifs is 1. The highest BCUT2D eigenvalue weighted by Crippen LogP contribution is 2.25. The lowest BCUT2D eigenvalue weighted by Crippen LogP contribution is -2.48. The van der Waals surface area contributed by atoms with Crippen LogP contribution in [0.4, 0.5) is 0 Å². The van der Waals surface area contributed by atoms with Crippen molar-refractivity contribution in [3.8, 4) is 0 Å². The predicted molar refractivity (Wildman–Crippen MR) is 81.6 cm³/mol. The number of ether oxygens (including phenoxy) is 1. The number of thioether (sulfide) groups is 1. The second kappa shape index (κ2) is 6.10. The first-order valence-electron chi connectivity index (χ1n) is 6.99. The van der Waals surface area contributed by atoms with E-state index in [4.69, 9.17) is 4.74 Å². The van der Waals surface area contributed by atoms with E-state index < -0.39 is 0 Å². The minimum Gasteiger partial charge on any atom is -0.468 e. The van der Waals surface area contributed by atoms with Crippen molar-refractivity contribution in [1.82, 2.24) is 9.80 Å². The Kier molecular flexibility index (Phi) is 4.17. The highest BCUT2D eigenvalue weighted by Gasteiger charge is 2.37. The van der Waals surface area contributed by atoms with E-state index >= 15 is 0 Å². The molecule has 2 amide bonds. The summed E-state index contributed by atoms with van der Waals surface area (Å²) in [6, 6.07) is 6.83. The predicted octanol–water partition coefficient (Wildman–Crippen LogP) is 0.830. The summed E-state index contributed by atoms with van der Waals surface area (Å²) in [6.45, 7) is 1.41. The van der Waals surface area contributed by atoms with Crippen LogP contribution in [0.5, 0.6) is 0 Å². The van der Waals surface area contributed by atoms with Gasteiger partial charge < -0.3 is 4.74 Å². The maximum absolute atomic E-state index is 12.3. The zero-order valence-corrected chi connectivity index (χ0v) is 13.0. The molecule has 116 valence electrons. The molecule has 7 heteroatoms. The number of methoxy groups -OCH3 is 1. The number of carbonyl (C=O) groups excluding carboxylic acids is 3. The van der Waals surface area contributed by atoms with Gasteiger partial charge in [0.15, 0.2) is 0 Å². The molecule has 0 bridgehead atoms. The molecule has 0 aromatic heterocycles. The molecule has 6 nitrogen and oxygen atoms in total. The molecule has 1 fully saturated rings. The first-order chi connectivity index (χ1) is 10.6. The summed E-state index contributed by atoms with van der Waals surface area (Å²) in [5.74, 6) is -0.0397. The summed E-state index contributed by atoms with van der Waals surface area (Å²) in [6.07, 6.45) is 0. The summed E-state index contributed by atoms with van der Waals surface area (Å²) in [5, 5.41) is -0.270. The lowest BCUT2D eigenvalue weighted by molar-refractivity contribution is -0.140. The van der Waals surface area contributed by atoms with Gasteiger partial charge in [-0.15, -0.1) is 11.8 Å². The number of amides is 2. The van der Waals surface area contributed by atoms with Crippen LogP contribution in [0.15, 0.2) is 24.3 Å². The van der Waals surface area contributed by atoms with Gasteiger partial charge in [-0.25, -0.2) is 0 Å². The fourth-order valence-corrected chi connectivity index (χ4v) is 3.87. The first-order valence-corrected chi connectivity index (χ1v) is 8.03. The van der Waals surface area contributed by atoms with Crippen LogP contribution in [-0.2, 0) is 9.53 Å². The molecule has 0 aliphatic carbocycles. The number of benzene rings is 1. The van der Waals surface area contributed by atoms with Crippen molar-refractivity contribution in [2.24, 2.45) is 0 Å². The summed E-state index contributed by atoms with van der Waals surface area (Å²) in [7, 11) is 1.37. The summed E-state index contributed by atoms with van der Waals surface area (Å²) < 4.78 is 4.77. The molecule has 1 saturated heterocycles. The van der Waals surface area contributed by atoms with Gasteiger partial charge in [-0.2, -0.15) is 0 Å². The zero-order valence-electron chi connectivity index (χ0n) is 12.2. The molecule has 0 N–H and O–H groups in total. The zero-order chi connectivity index (χ0) is 15.7. The number of imide groups is 1. The molecule has 2 aliphatic heterocycles. The molecule has 0 spiro atoms. The normalized spacial score (nSPS) is 21.9. The Morgan fingerprint density at radius 2 is 1.91 bits per heavy atom. The van der Waals surface area contributed by atoms with Crippen molar-refractivity contribution in [1.29, 1.82) is 0 Å². The van der Waals surface area contributed by atoms with Gasteiger partial charge in [0.1, 0.15) is 5.25 Å². The number of nitrogens with zero attached hydrogens (tertiary/aromatic N) is 2. The van der Waals surface area contributed by atoms with Crippen LogP contribution in [0, 0.1) is 0 Å². The second-order valence-corrected chi connectivity index (χ2v) is 6.50. The number of rotatable bonds is 3. The van der Waals surface area contributed by atoms with Crippen molar-refractivity contribution in [3.63, 3.8) is 0 Å². The SMILES string of the molecule is COC(=O)[C@H]1CN(CN2C(=O)c3ccccc3C2=O)CCS1.